The minimum Gasteiger partial charge on any atom is -0.496 e. The van der Waals surface area contributed by atoms with Crippen LogP contribution in [0.25, 0.3) is 0 Å². The lowest BCUT2D eigenvalue weighted by atomic mass is 10.1. The number of hydrogen-bond donors (Lipinski definition) is 2. The third-order valence-electron chi connectivity index (χ3n) is 3.00. The molecule has 3 N–H and O–H groups in total. The molecule has 0 saturated carbocycles. The normalized spacial score (nSPS) is 11.7. The van der Waals surface area contributed by atoms with E-state index in [1.165, 1.54) is 7.11 Å². The van der Waals surface area contributed by atoms with Crippen molar-refractivity contribution >= 4 is 11.6 Å². The number of anilines is 1. The highest BCUT2D eigenvalue weighted by molar-refractivity contribution is 5.97. The number of amides is 1. The molecule has 1 aromatic carbocycles. The quantitative estimate of drug-likeness (QED) is 0.835. The summed E-state index contributed by atoms with van der Waals surface area (Å²) in [5.41, 5.74) is 7.63. The third-order valence-corrected chi connectivity index (χ3v) is 3.00. The van der Waals surface area contributed by atoms with Gasteiger partial charge in [-0.15, -0.1) is 0 Å². The Bertz CT molecular complexity index is 599. The zero-order valence-corrected chi connectivity index (χ0v) is 11.5. The molecule has 1 aromatic heterocycles. The number of methoxy groups -OCH3 is 1. The summed E-state index contributed by atoms with van der Waals surface area (Å²) in [5, 5.41) is 2.91. The van der Waals surface area contributed by atoms with Crippen molar-refractivity contribution in [2.45, 2.75) is 13.0 Å². The number of nitrogens with zero attached hydrogens (tertiary/aromatic N) is 1. The number of rotatable bonds is 4. The summed E-state index contributed by atoms with van der Waals surface area (Å²) >= 11 is 0. The Kier molecular flexibility index (Phi) is 4.20. The molecular formula is C15H17N3O2. The zero-order valence-electron chi connectivity index (χ0n) is 11.5. The van der Waals surface area contributed by atoms with E-state index in [-0.39, 0.29) is 11.9 Å². The topological polar surface area (TPSA) is 77.2 Å². The molecule has 20 heavy (non-hydrogen) atoms. The van der Waals surface area contributed by atoms with Crippen LogP contribution < -0.4 is 15.8 Å². The molecule has 0 unspecified atom stereocenters. The van der Waals surface area contributed by atoms with E-state index in [2.05, 4.69) is 10.3 Å². The second-order valence-electron chi connectivity index (χ2n) is 4.44. The zero-order chi connectivity index (χ0) is 14.5. The lowest BCUT2D eigenvalue weighted by molar-refractivity contribution is 0.0937. The van der Waals surface area contributed by atoms with Crippen molar-refractivity contribution in [3.8, 4) is 5.75 Å². The van der Waals surface area contributed by atoms with Crippen molar-refractivity contribution in [1.82, 2.24) is 10.3 Å². The predicted octanol–water partition coefficient (Wildman–Crippen LogP) is 2.16. The molecule has 2 aromatic rings. The molecule has 0 aliphatic rings. The van der Waals surface area contributed by atoms with E-state index in [0.29, 0.717) is 17.0 Å². The van der Waals surface area contributed by atoms with Gasteiger partial charge in [0.15, 0.2) is 0 Å². The molecule has 104 valence electrons. The highest BCUT2D eigenvalue weighted by atomic mass is 16.5. The maximum atomic E-state index is 12.3. The van der Waals surface area contributed by atoms with Crippen molar-refractivity contribution in [2.75, 3.05) is 12.8 Å². The second kappa shape index (κ2) is 6.06. The lowest BCUT2D eigenvalue weighted by Crippen LogP contribution is -2.27. The maximum Gasteiger partial charge on any atom is 0.255 e. The summed E-state index contributed by atoms with van der Waals surface area (Å²) in [6.07, 6.45) is 3.42. The van der Waals surface area contributed by atoms with Crippen LogP contribution in [-0.4, -0.2) is 18.0 Å². The largest absolute Gasteiger partial charge is 0.496 e. The highest BCUT2D eigenvalue weighted by Gasteiger charge is 2.15. The Morgan fingerprint density at radius 2 is 2.20 bits per heavy atom. The van der Waals surface area contributed by atoms with E-state index >= 15 is 0 Å². The SMILES string of the molecule is COc1cc(N)ccc1C(=O)N[C@H](C)c1cccnc1. The third kappa shape index (κ3) is 3.06. The van der Waals surface area contributed by atoms with Crippen LogP contribution in [0.2, 0.25) is 0 Å². The van der Waals surface area contributed by atoms with Gasteiger partial charge in [-0.3, -0.25) is 9.78 Å². The van der Waals surface area contributed by atoms with Crippen molar-refractivity contribution in [2.24, 2.45) is 0 Å². The Balaban J connectivity index is 2.16. The van der Waals surface area contributed by atoms with Crippen molar-refractivity contribution in [1.29, 1.82) is 0 Å². The van der Waals surface area contributed by atoms with Gasteiger partial charge in [-0.2, -0.15) is 0 Å². The van der Waals surface area contributed by atoms with Crippen molar-refractivity contribution in [3.63, 3.8) is 0 Å². The minimum absolute atomic E-state index is 0.140. The van der Waals surface area contributed by atoms with Gasteiger partial charge in [0, 0.05) is 24.1 Å². The smallest absolute Gasteiger partial charge is 0.255 e. The number of pyridine rings is 1. The van der Waals surface area contributed by atoms with Gasteiger partial charge in [-0.25, -0.2) is 0 Å². The van der Waals surface area contributed by atoms with E-state index in [1.807, 2.05) is 19.1 Å². The fourth-order valence-electron chi connectivity index (χ4n) is 1.89. The first kappa shape index (κ1) is 13.9. The molecule has 0 aliphatic carbocycles. The molecule has 5 nitrogen and oxygen atoms in total. The highest BCUT2D eigenvalue weighted by Crippen LogP contribution is 2.22. The molecule has 2 rings (SSSR count). The molecule has 1 atom stereocenters. The molecule has 5 heteroatoms. The fraction of sp³-hybridized carbons (Fsp3) is 0.200. The van der Waals surface area contributed by atoms with E-state index in [9.17, 15) is 4.79 Å². The van der Waals surface area contributed by atoms with E-state index in [1.54, 1.807) is 30.6 Å². The van der Waals surface area contributed by atoms with Crippen LogP contribution in [0.15, 0.2) is 42.7 Å². The summed E-state index contributed by atoms with van der Waals surface area (Å²) in [7, 11) is 1.51. The van der Waals surface area contributed by atoms with Crippen molar-refractivity contribution in [3.05, 3.63) is 53.9 Å². The van der Waals surface area contributed by atoms with Gasteiger partial charge >= 0.3 is 0 Å². The van der Waals surface area contributed by atoms with Crippen LogP contribution in [0.3, 0.4) is 0 Å². The summed E-state index contributed by atoms with van der Waals surface area (Å²) in [4.78, 5) is 16.3. The summed E-state index contributed by atoms with van der Waals surface area (Å²) < 4.78 is 5.18. The number of benzene rings is 1. The van der Waals surface area contributed by atoms with Crippen LogP contribution in [-0.2, 0) is 0 Å². The average Bonchev–Trinajstić information content (AvgIpc) is 2.47. The average molecular weight is 271 g/mol. The Morgan fingerprint density at radius 3 is 2.85 bits per heavy atom. The van der Waals surface area contributed by atoms with Gasteiger partial charge in [-0.1, -0.05) is 6.07 Å². The molecule has 0 fully saturated rings. The molecule has 1 heterocycles. The number of nitrogens with two attached hydrogens (primary N) is 1. The molecule has 0 aliphatic heterocycles. The van der Waals surface area contributed by atoms with E-state index < -0.39 is 0 Å². The van der Waals surface area contributed by atoms with Gasteiger partial charge in [0.1, 0.15) is 5.75 Å². The second-order valence-corrected chi connectivity index (χ2v) is 4.44. The molecule has 1 amide bonds. The monoisotopic (exact) mass is 271 g/mol. The van der Waals surface area contributed by atoms with Crippen LogP contribution in [0.1, 0.15) is 28.9 Å². The van der Waals surface area contributed by atoms with Crippen LogP contribution in [0, 0.1) is 0 Å². The lowest BCUT2D eigenvalue weighted by Gasteiger charge is -2.15. The van der Waals surface area contributed by atoms with Crippen LogP contribution >= 0.6 is 0 Å². The number of carbonyl (C=O) groups is 1. The summed E-state index contributed by atoms with van der Waals surface area (Å²) in [5.74, 6) is 0.249. The Labute approximate surface area is 117 Å². The van der Waals surface area contributed by atoms with Gasteiger partial charge < -0.3 is 15.8 Å². The number of ether oxygens (including phenoxy) is 1. The molecule has 0 bridgehead atoms. The van der Waals surface area contributed by atoms with Gasteiger partial charge in [0.2, 0.25) is 0 Å². The van der Waals surface area contributed by atoms with Crippen LogP contribution in [0.5, 0.6) is 5.75 Å². The van der Waals surface area contributed by atoms with Crippen molar-refractivity contribution < 1.29 is 9.53 Å². The van der Waals surface area contributed by atoms with Gasteiger partial charge in [0.05, 0.1) is 18.7 Å². The number of carbonyl (C=O) groups excluding carboxylic acids is 1. The number of nitrogens with one attached hydrogen (secondary N) is 1. The Morgan fingerprint density at radius 1 is 1.40 bits per heavy atom. The predicted molar refractivity (Wildman–Crippen MR) is 77.5 cm³/mol. The first-order chi connectivity index (χ1) is 9.61. The number of nitrogen functional groups attached to an aromatic ring is 1. The molecule has 0 saturated heterocycles. The number of aromatic nitrogens is 1. The molecule has 0 radical (unpaired) electrons. The minimum atomic E-state index is -0.210. The van der Waals surface area contributed by atoms with Gasteiger partial charge in [-0.05, 0) is 30.7 Å². The number of hydrogen-bond acceptors (Lipinski definition) is 4. The Hall–Kier alpha value is -2.56. The summed E-state index contributed by atoms with van der Waals surface area (Å²) in [6, 6.07) is 8.56. The van der Waals surface area contributed by atoms with Gasteiger partial charge in [0.25, 0.3) is 5.91 Å². The maximum absolute atomic E-state index is 12.3. The fourth-order valence-corrected chi connectivity index (χ4v) is 1.89. The summed E-state index contributed by atoms with van der Waals surface area (Å²) in [6.45, 7) is 1.90. The van der Waals surface area contributed by atoms with E-state index in [4.69, 9.17) is 10.5 Å². The molecule has 0 spiro atoms. The van der Waals surface area contributed by atoms with E-state index in [0.717, 1.165) is 5.56 Å². The van der Waals surface area contributed by atoms with Crippen LogP contribution in [0.4, 0.5) is 5.69 Å². The first-order valence-electron chi connectivity index (χ1n) is 6.26. The standard InChI is InChI=1S/C15H17N3O2/c1-10(11-4-3-7-17-9-11)18-15(19)13-6-5-12(16)8-14(13)20-2/h3-10H,16H2,1-2H3,(H,18,19)/t10-/m1/s1. The first-order valence-corrected chi connectivity index (χ1v) is 6.26. The molecular weight excluding hydrogens is 254 g/mol.